The normalized spacial score (nSPS) is 11.4. The number of hydrogen-bond acceptors (Lipinski definition) is 5. The lowest BCUT2D eigenvalue weighted by molar-refractivity contribution is -0.304. The largest absolute Gasteiger partial charge is 0.462 e. The third-order valence-electron chi connectivity index (χ3n) is 1.98. The molecule has 16 heavy (non-hydrogen) atoms. The van der Waals surface area contributed by atoms with Crippen molar-refractivity contribution in [2.24, 2.45) is 0 Å². The Labute approximate surface area is 99.1 Å². The van der Waals surface area contributed by atoms with Crippen molar-refractivity contribution < 1.29 is 23.7 Å². The third-order valence-corrected chi connectivity index (χ3v) is 3.08. The molecule has 0 aromatic heterocycles. The molecule has 0 bridgehead atoms. The molecule has 0 unspecified atom stereocenters. The summed E-state index contributed by atoms with van der Waals surface area (Å²) < 4.78 is 20.4. The quantitative estimate of drug-likeness (QED) is 0.195. The zero-order valence-corrected chi connectivity index (χ0v) is 12.4. The number of hydrogen-bond donors (Lipinski definition) is 0. The highest BCUT2D eigenvalue weighted by Crippen LogP contribution is 2.07. The van der Waals surface area contributed by atoms with Crippen molar-refractivity contribution in [1.29, 1.82) is 0 Å². The Balaban J connectivity index is 3.61. The maximum atomic E-state index is 11.0. The Bertz CT molecular complexity index is 237. The number of ether oxygens (including phenoxy) is 4. The number of esters is 1. The van der Waals surface area contributed by atoms with E-state index in [0.29, 0.717) is 35.5 Å². The van der Waals surface area contributed by atoms with Crippen LogP contribution in [0.3, 0.4) is 0 Å². The minimum absolute atomic E-state index is 0.302. The van der Waals surface area contributed by atoms with Crippen LogP contribution in [0.1, 0.15) is 13.3 Å². The average molecular weight is 248 g/mol. The van der Waals surface area contributed by atoms with E-state index in [9.17, 15) is 4.79 Å². The van der Waals surface area contributed by atoms with Gasteiger partial charge in [0.1, 0.15) is 10.2 Å². The van der Waals surface area contributed by atoms with Gasteiger partial charge in [-0.15, -0.1) is 0 Å². The summed E-state index contributed by atoms with van der Waals surface area (Å²) in [6.45, 7) is 5.80. The summed E-state index contributed by atoms with van der Waals surface area (Å²) in [7, 11) is 3.64. The summed E-state index contributed by atoms with van der Waals surface area (Å²) in [4.78, 5) is 11.0. The maximum Gasteiger partial charge on any atom is 0.333 e. The smallest absolute Gasteiger partial charge is 0.333 e. The molecule has 0 aliphatic rings. The van der Waals surface area contributed by atoms with Gasteiger partial charge in [0.15, 0.2) is 0 Å². The first kappa shape index (κ1) is 15.3. The minimum atomic E-state index is -0.904. The van der Waals surface area contributed by atoms with Gasteiger partial charge in [0.25, 0.3) is 0 Å². The number of rotatable bonds is 8. The standard InChI is InChI=1S/C10H20O5Si/c1-8(2)9(11)14-6-5-7-15-10(16,12-3)13-4/h1,5-7H2,2-4,16H3. The Hall–Kier alpha value is -0.693. The van der Waals surface area contributed by atoms with E-state index in [-0.39, 0.29) is 5.97 Å². The van der Waals surface area contributed by atoms with E-state index < -0.39 is 5.60 Å². The van der Waals surface area contributed by atoms with Crippen LogP contribution in [0.2, 0.25) is 0 Å². The third kappa shape index (κ3) is 6.01. The molecule has 0 aromatic carbocycles. The molecule has 0 rings (SSSR count). The molecule has 0 saturated heterocycles. The van der Waals surface area contributed by atoms with Crippen molar-refractivity contribution in [3.8, 4) is 0 Å². The molecule has 0 aliphatic heterocycles. The second-order valence-electron chi connectivity index (χ2n) is 3.39. The van der Waals surface area contributed by atoms with Crippen LogP contribution in [0.5, 0.6) is 0 Å². The lowest BCUT2D eigenvalue weighted by atomic mass is 10.4. The molecule has 0 spiro atoms. The zero-order valence-electron chi connectivity index (χ0n) is 10.4. The van der Waals surface area contributed by atoms with Gasteiger partial charge in [-0.05, 0) is 6.92 Å². The predicted molar refractivity (Wildman–Crippen MR) is 63.0 cm³/mol. The maximum absolute atomic E-state index is 11.0. The van der Waals surface area contributed by atoms with Crippen molar-refractivity contribution in [2.45, 2.75) is 18.9 Å². The van der Waals surface area contributed by atoms with E-state index in [1.165, 1.54) is 14.2 Å². The SMILES string of the molecule is C=C(C)C(=O)OCCCOC([SiH3])(OC)OC. The summed E-state index contributed by atoms with van der Waals surface area (Å²) >= 11 is 0. The topological polar surface area (TPSA) is 54.0 Å². The number of carbonyl (C=O) groups excluding carboxylic acids is 1. The van der Waals surface area contributed by atoms with Gasteiger partial charge >= 0.3 is 5.97 Å². The summed E-state index contributed by atoms with van der Waals surface area (Å²) in [6.07, 6.45) is 0.593. The summed E-state index contributed by atoms with van der Waals surface area (Å²) in [5.41, 5.74) is -0.509. The van der Waals surface area contributed by atoms with Gasteiger partial charge < -0.3 is 18.9 Å². The highest BCUT2D eigenvalue weighted by atomic mass is 28.1. The molecule has 5 nitrogen and oxygen atoms in total. The van der Waals surface area contributed by atoms with E-state index in [0.717, 1.165) is 0 Å². The van der Waals surface area contributed by atoms with E-state index in [1.54, 1.807) is 6.92 Å². The fourth-order valence-corrected chi connectivity index (χ4v) is 1.01. The first-order valence-electron chi connectivity index (χ1n) is 5.02. The summed E-state index contributed by atoms with van der Waals surface area (Å²) in [6, 6.07) is 0. The van der Waals surface area contributed by atoms with Gasteiger partial charge in [0.05, 0.1) is 13.2 Å². The molecule has 0 saturated carbocycles. The van der Waals surface area contributed by atoms with Crippen LogP contribution < -0.4 is 0 Å². The van der Waals surface area contributed by atoms with Crippen LogP contribution in [0.25, 0.3) is 0 Å². The van der Waals surface area contributed by atoms with E-state index in [4.69, 9.17) is 18.9 Å². The van der Waals surface area contributed by atoms with Crippen molar-refractivity contribution >= 4 is 16.2 Å². The molecule has 0 aliphatic carbocycles. The van der Waals surface area contributed by atoms with E-state index in [2.05, 4.69) is 6.58 Å². The Morgan fingerprint density at radius 3 is 2.31 bits per heavy atom. The van der Waals surface area contributed by atoms with Crippen LogP contribution in [0.4, 0.5) is 0 Å². The second kappa shape index (κ2) is 7.56. The van der Waals surface area contributed by atoms with Crippen LogP contribution >= 0.6 is 0 Å². The Morgan fingerprint density at radius 1 is 1.31 bits per heavy atom. The lowest BCUT2D eigenvalue weighted by Gasteiger charge is -2.26. The molecule has 0 fully saturated rings. The van der Waals surface area contributed by atoms with E-state index >= 15 is 0 Å². The second-order valence-corrected chi connectivity index (χ2v) is 4.61. The lowest BCUT2D eigenvalue weighted by Crippen LogP contribution is -2.38. The first-order chi connectivity index (χ1) is 7.45. The molecule has 0 N–H and O–H groups in total. The highest BCUT2D eigenvalue weighted by molar-refractivity contribution is 6.12. The molecular formula is C10H20O5Si. The van der Waals surface area contributed by atoms with Crippen molar-refractivity contribution in [2.75, 3.05) is 27.4 Å². The minimum Gasteiger partial charge on any atom is -0.462 e. The van der Waals surface area contributed by atoms with E-state index in [1.807, 2.05) is 0 Å². The number of methoxy groups -OCH3 is 2. The van der Waals surface area contributed by atoms with Crippen molar-refractivity contribution in [3.63, 3.8) is 0 Å². The molecule has 0 heterocycles. The van der Waals surface area contributed by atoms with Gasteiger partial charge in [0.2, 0.25) is 5.60 Å². The molecule has 0 amide bonds. The predicted octanol–water partition coefficient (Wildman–Crippen LogP) is -0.218. The van der Waals surface area contributed by atoms with Gasteiger partial charge in [-0.2, -0.15) is 0 Å². The fraction of sp³-hybridized carbons (Fsp3) is 0.700. The van der Waals surface area contributed by atoms with Crippen LogP contribution in [-0.2, 0) is 23.7 Å². The van der Waals surface area contributed by atoms with Crippen LogP contribution in [0.15, 0.2) is 12.2 Å². The van der Waals surface area contributed by atoms with Crippen molar-refractivity contribution in [1.82, 2.24) is 0 Å². The molecule has 0 atom stereocenters. The average Bonchev–Trinajstić information content (AvgIpc) is 2.27. The van der Waals surface area contributed by atoms with Crippen LogP contribution in [0, 0.1) is 0 Å². The molecule has 94 valence electrons. The van der Waals surface area contributed by atoms with Gasteiger partial charge in [-0.25, -0.2) is 4.79 Å². The summed E-state index contributed by atoms with van der Waals surface area (Å²) in [5.74, 6) is -0.379. The Morgan fingerprint density at radius 2 is 1.88 bits per heavy atom. The van der Waals surface area contributed by atoms with Crippen LogP contribution in [-0.4, -0.2) is 49.2 Å². The monoisotopic (exact) mass is 248 g/mol. The molecule has 0 radical (unpaired) electrons. The van der Waals surface area contributed by atoms with Gasteiger partial charge in [-0.3, -0.25) is 0 Å². The zero-order chi connectivity index (χ0) is 12.6. The summed E-state index contributed by atoms with van der Waals surface area (Å²) in [5, 5.41) is 0. The number of carbonyl (C=O) groups is 1. The van der Waals surface area contributed by atoms with Crippen molar-refractivity contribution in [3.05, 3.63) is 12.2 Å². The Kier molecular flexibility index (Phi) is 7.23. The highest BCUT2D eigenvalue weighted by Gasteiger charge is 2.22. The first-order valence-corrected chi connectivity index (χ1v) is 6.02. The molecule has 0 aromatic rings. The van der Waals surface area contributed by atoms with Gasteiger partial charge in [-0.1, -0.05) is 6.58 Å². The molecular weight excluding hydrogens is 228 g/mol. The fourth-order valence-electron chi connectivity index (χ4n) is 0.806. The van der Waals surface area contributed by atoms with Gasteiger partial charge in [0, 0.05) is 26.2 Å². The molecule has 6 heteroatoms.